The first-order chi connectivity index (χ1) is 16.0. The van der Waals surface area contributed by atoms with Crippen molar-refractivity contribution in [3.63, 3.8) is 0 Å². The van der Waals surface area contributed by atoms with E-state index in [9.17, 15) is 13.2 Å². The summed E-state index contributed by atoms with van der Waals surface area (Å²) in [4.78, 5) is 4.75. The third-order valence-electron chi connectivity index (χ3n) is 6.24. The Labute approximate surface area is 203 Å². The summed E-state index contributed by atoms with van der Waals surface area (Å²) in [5.41, 5.74) is 2.20. The number of alkyl halides is 3. The first kappa shape index (κ1) is 24.1. The van der Waals surface area contributed by atoms with Crippen LogP contribution in [0.3, 0.4) is 0 Å². The number of piperazine rings is 1. The predicted molar refractivity (Wildman–Crippen MR) is 132 cm³/mol. The Kier molecular flexibility index (Phi) is 7.14. The summed E-state index contributed by atoms with van der Waals surface area (Å²) in [7, 11) is 0. The summed E-state index contributed by atoms with van der Waals surface area (Å²) >= 11 is 0. The monoisotopic (exact) mass is 486 g/mol. The number of halogens is 4. The fourth-order valence-corrected chi connectivity index (χ4v) is 4.39. The number of nitrogens with zero attached hydrogens (tertiary/aromatic N) is 4. The van der Waals surface area contributed by atoms with Crippen molar-refractivity contribution in [1.82, 2.24) is 14.7 Å². The molecule has 1 aromatic heterocycles. The molecule has 0 amide bonds. The van der Waals surface area contributed by atoms with E-state index in [1.807, 2.05) is 30.3 Å². The molecule has 8 heteroatoms. The fraction of sp³-hybridized carbons (Fsp3) is 0.269. The van der Waals surface area contributed by atoms with E-state index in [0.717, 1.165) is 68.0 Å². The van der Waals surface area contributed by atoms with Gasteiger partial charge in [-0.3, -0.25) is 4.90 Å². The zero-order valence-electron chi connectivity index (χ0n) is 18.6. The van der Waals surface area contributed by atoms with Crippen LogP contribution in [0.1, 0.15) is 11.1 Å². The van der Waals surface area contributed by atoms with Gasteiger partial charge in [-0.1, -0.05) is 42.5 Å². The van der Waals surface area contributed by atoms with E-state index in [-0.39, 0.29) is 12.4 Å². The van der Waals surface area contributed by atoms with E-state index in [1.54, 1.807) is 4.68 Å². The van der Waals surface area contributed by atoms with Crippen molar-refractivity contribution >= 4 is 29.1 Å². The van der Waals surface area contributed by atoms with Crippen molar-refractivity contribution in [2.24, 2.45) is 0 Å². The van der Waals surface area contributed by atoms with Crippen LogP contribution in [-0.4, -0.2) is 47.4 Å². The standard InChI is InChI=1S/C26H25F3N4.ClH/c27-26(28,29)21-10-12-22(13-11-21)33-24-9-5-4-8-23(24)25(30-33)32-18-16-31(17-19-32)15-14-20-6-2-1-3-7-20;/h1-13H,14-19H2;1H. The van der Waals surface area contributed by atoms with Gasteiger partial charge in [0.15, 0.2) is 5.82 Å². The van der Waals surface area contributed by atoms with E-state index in [2.05, 4.69) is 34.1 Å². The fourth-order valence-electron chi connectivity index (χ4n) is 4.39. The lowest BCUT2D eigenvalue weighted by Crippen LogP contribution is -2.47. The van der Waals surface area contributed by atoms with Crippen LogP contribution < -0.4 is 4.90 Å². The molecule has 34 heavy (non-hydrogen) atoms. The zero-order chi connectivity index (χ0) is 22.8. The molecule has 3 aromatic carbocycles. The number of anilines is 1. The average Bonchev–Trinajstić information content (AvgIpc) is 3.23. The lowest BCUT2D eigenvalue weighted by Gasteiger charge is -2.35. The summed E-state index contributed by atoms with van der Waals surface area (Å²) in [5, 5.41) is 5.85. The Morgan fingerprint density at radius 1 is 0.765 bits per heavy atom. The number of benzene rings is 3. The summed E-state index contributed by atoms with van der Waals surface area (Å²) in [6.07, 6.45) is -3.32. The lowest BCUT2D eigenvalue weighted by atomic mass is 10.1. The van der Waals surface area contributed by atoms with Crippen LogP contribution in [0.2, 0.25) is 0 Å². The molecule has 1 aliphatic rings. The molecule has 4 nitrogen and oxygen atoms in total. The molecule has 1 fully saturated rings. The molecule has 0 atom stereocenters. The molecule has 0 saturated carbocycles. The van der Waals surface area contributed by atoms with Gasteiger partial charge in [0.25, 0.3) is 0 Å². The summed E-state index contributed by atoms with van der Waals surface area (Å²) in [6.45, 7) is 4.66. The van der Waals surface area contributed by atoms with Gasteiger partial charge in [-0.05, 0) is 48.4 Å². The molecule has 4 aromatic rings. The highest BCUT2D eigenvalue weighted by atomic mass is 35.5. The van der Waals surface area contributed by atoms with Gasteiger partial charge >= 0.3 is 6.18 Å². The maximum absolute atomic E-state index is 13.0. The van der Waals surface area contributed by atoms with E-state index in [4.69, 9.17) is 5.10 Å². The van der Waals surface area contributed by atoms with Gasteiger partial charge in [0, 0.05) is 38.1 Å². The molecule has 5 rings (SSSR count). The number of aromatic nitrogens is 2. The van der Waals surface area contributed by atoms with Gasteiger partial charge in [-0.2, -0.15) is 13.2 Å². The minimum absolute atomic E-state index is 0. The predicted octanol–water partition coefficient (Wildman–Crippen LogP) is 5.83. The molecule has 0 N–H and O–H groups in total. The molecule has 1 saturated heterocycles. The number of para-hydroxylation sites is 1. The van der Waals surface area contributed by atoms with E-state index in [0.29, 0.717) is 5.69 Å². The summed E-state index contributed by atoms with van der Waals surface area (Å²) in [6, 6.07) is 23.6. The Morgan fingerprint density at radius 3 is 2.09 bits per heavy atom. The van der Waals surface area contributed by atoms with Gasteiger partial charge in [0.2, 0.25) is 0 Å². The van der Waals surface area contributed by atoms with Crippen LogP contribution in [-0.2, 0) is 12.6 Å². The van der Waals surface area contributed by atoms with Crippen LogP contribution in [0.15, 0.2) is 78.9 Å². The van der Waals surface area contributed by atoms with E-state index < -0.39 is 11.7 Å². The lowest BCUT2D eigenvalue weighted by molar-refractivity contribution is -0.137. The van der Waals surface area contributed by atoms with Crippen LogP contribution in [0.5, 0.6) is 0 Å². The Hall–Kier alpha value is -3.03. The molecule has 0 spiro atoms. The summed E-state index contributed by atoms with van der Waals surface area (Å²) < 4.78 is 40.7. The van der Waals surface area contributed by atoms with Crippen molar-refractivity contribution in [3.8, 4) is 5.69 Å². The molecule has 0 aliphatic carbocycles. The van der Waals surface area contributed by atoms with Crippen molar-refractivity contribution in [3.05, 3.63) is 90.0 Å². The highest BCUT2D eigenvalue weighted by molar-refractivity contribution is 5.91. The minimum atomic E-state index is -4.35. The number of hydrogen-bond donors (Lipinski definition) is 0. The highest BCUT2D eigenvalue weighted by Gasteiger charge is 2.30. The van der Waals surface area contributed by atoms with Gasteiger partial charge in [0.1, 0.15) is 0 Å². The third kappa shape index (κ3) is 5.05. The second-order valence-electron chi connectivity index (χ2n) is 8.36. The average molecular weight is 487 g/mol. The zero-order valence-corrected chi connectivity index (χ0v) is 19.4. The topological polar surface area (TPSA) is 24.3 Å². The van der Waals surface area contributed by atoms with Crippen LogP contribution in [0, 0.1) is 0 Å². The second-order valence-corrected chi connectivity index (χ2v) is 8.36. The van der Waals surface area contributed by atoms with Crippen LogP contribution in [0.25, 0.3) is 16.6 Å². The summed E-state index contributed by atoms with van der Waals surface area (Å²) in [5.74, 6) is 0.883. The molecule has 0 unspecified atom stereocenters. The van der Waals surface area contributed by atoms with Gasteiger partial charge in [-0.15, -0.1) is 17.5 Å². The van der Waals surface area contributed by atoms with Crippen molar-refractivity contribution in [1.29, 1.82) is 0 Å². The minimum Gasteiger partial charge on any atom is -0.352 e. The van der Waals surface area contributed by atoms with Gasteiger partial charge in [-0.25, -0.2) is 4.68 Å². The molecule has 0 radical (unpaired) electrons. The van der Waals surface area contributed by atoms with E-state index >= 15 is 0 Å². The Morgan fingerprint density at radius 2 is 1.41 bits per heavy atom. The smallest absolute Gasteiger partial charge is 0.352 e. The molecule has 178 valence electrons. The third-order valence-corrected chi connectivity index (χ3v) is 6.24. The quantitative estimate of drug-likeness (QED) is 0.354. The SMILES string of the molecule is Cl.FC(F)(F)c1ccc(-n2nc(N3CCN(CCc4ccccc4)CC3)c3ccccc32)cc1. The number of hydrogen-bond acceptors (Lipinski definition) is 3. The first-order valence-electron chi connectivity index (χ1n) is 11.2. The largest absolute Gasteiger partial charge is 0.416 e. The van der Waals surface area contributed by atoms with Crippen LogP contribution in [0.4, 0.5) is 19.0 Å². The van der Waals surface area contributed by atoms with Crippen molar-refractivity contribution in [2.75, 3.05) is 37.6 Å². The normalized spacial score (nSPS) is 14.9. The Balaban J connectivity index is 0.00000274. The molecule has 1 aliphatic heterocycles. The van der Waals surface area contributed by atoms with Gasteiger partial charge in [0.05, 0.1) is 16.8 Å². The Bertz CT molecular complexity index is 1210. The molecular formula is C26H26ClF3N4. The highest BCUT2D eigenvalue weighted by Crippen LogP contribution is 2.32. The molecule has 2 heterocycles. The molecule has 0 bridgehead atoms. The maximum Gasteiger partial charge on any atom is 0.416 e. The second kappa shape index (κ2) is 10.1. The van der Waals surface area contributed by atoms with Gasteiger partial charge < -0.3 is 4.90 Å². The maximum atomic E-state index is 13.0. The van der Waals surface area contributed by atoms with Crippen LogP contribution >= 0.6 is 12.4 Å². The van der Waals surface area contributed by atoms with E-state index in [1.165, 1.54) is 17.7 Å². The first-order valence-corrected chi connectivity index (χ1v) is 11.2. The molecular weight excluding hydrogens is 461 g/mol. The van der Waals surface area contributed by atoms with Crippen molar-refractivity contribution < 1.29 is 13.2 Å². The number of fused-ring (bicyclic) bond motifs is 1. The van der Waals surface area contributed by atoms with Crippen molar-refractivity contribution in [2.45, 2.75) is 12.6 Å². The number of rotatable bonds is 5.